The van der Waals surface area contributed by atoms with Crippen LogP contribution in [0.5, 0.6) is 5.75 Å². The normalized spacial score (nSPS) is 14.5. The summed E-state index contributed by atoms with van der Waals surface area (Å²) in [6.45, 7) is 5.23. The third-order valence-electron chi connectivity index (χ3n) is 2.91. The molecule has 0 aliphatic heterocycles. The van der Waals surface area contributed by atoms with Gasteiger partial charge in [0.2, 0.25) is 0 Å². The molecule has 0 saturated heterocycles. The van der Waals surface area contributed by atoms with Crippen molar-refractivity contribution in [3.63, 3.8) is 0 Å². The first-order valence-electron chi connectivity index (χ1n) is 5.66. The van der Waals surface area contributed by atoms with Crippen molar-refractivity contribution in [3.8, 4) is 5.75 Å². The van der Waals surface area contributed by atoms with Crippen molar-refractivity contribution in [1.82, 2.24) is 5.32 Å². The molecule has 90 valence electrons. The molecular weight excluding hydrogens is 202 g/mol. The van der Waals surface area contributed by atoms with Crippen LogP contribution in [0.4, 0.5) is 0 Å². The lowest BCUT2D eigenvalue weighted by atomic mass is 9.89. The molecule has 0 fully saturated rings. The summed E-state index contributed by atoms with van der Waals surface area (Å²) in [5.41, 5.74) is 1.000. The fourth-order valence-corrected chi connectivity index (χ4v) is 1.91. The Balaban J connectivity index is 2.91. The van der Waals surface area contributed by atoms with E-state index in [-0.39, 0.29) is 12.1 Å². The summed E-state index contributed by atoms with van der Waals surface area (Å²) in [5, 5.41) is 12.5. The second-order valence-electron chi connectivity index (χ2n) is 4.06. The quantitative estimate of drug-likeness (QED) is 0.774. The summed E-state index contributed by atoms with van der Waals surface area (Å²) in [6, 6.07) is 7.97. The molecule has 0 radical (unpaired) electrons. The fraction of sp³-hybridized carbons (Fsp3) is 0.538. The average molecular weight is 223 g/mol. The molecule has 0 amide bonds. The van der Waals surface area contributed by atoms with Crippen LogP contribution >= 0.6 is 0 Å². The molecule has 0 aromatic heterocycles. The molecule has 0 bridgehead atoms. The van der Waals surface area contributed by atoms with Gasteiger partial charge in [-0.2, -0.15) is 0 Å². The van der Waals surface area contributed by atoms with Gasteiger partial charge in [-0.15, -0.1) is 0 Å². The molecule has 0 aliphatic carbocycles. The molecule has 1 aromatic carbocycles. The van der Waals surface area contributed by atoms with Crippen molar-refractivity contribution in [2.75, 3.05) is 20.3 Å². The predicted molar refractivity (Wildman–Crippen MR) is 65.7 cm³/mol. The lowest BCUT2D eigenvalue weighted by Crippen LogP contribution is -2.40. The van der Waals surface area contributed by atoms with Crippen LogP contribution in [0.15, 0.2) is 24.3 Å². The topological polar surface area (TPSA) is 41.5 Å². The molecular formula is C13H21NO2. The Hall–Kier alpha value is -1.06. The lowest BCUT2D eigenvalue weighted by molar-refractivity contribution is 0.223. The van der Waals surface area contributed by atoms with Crippen molar-refractivity contribution in [3.05, 3.63) is 29.8 Å². The van der Waals surface area contributed by atoms with Crippen molar-refractivity contribution < 1.29 is 9.84 Å². The number of aliphatic hydroxyl groups is 1. The fourth-order valence-electron chi connectivity index (χ4n) is 1.91. The average Bonchev–Trinajstić information content (AvgIpc) is 2.30. The Kier molecular flexibility index (Phi) is 4.77. The highest BCUT2D eigenvalue weighted by Crippen LogP contribution is 2.26. The first-order valence-corrected chi connectivity index (χ1v) is 5.66. The number of rotatable bonds is 6. The molecule has 16 heavy (non-hydrogen) atoms. The van der Waals surface area contributed by atoms with Gasteiger partial charge in [0.15, 0.2) is 0 Å². The van der Waals surface area contributed by atoms with Gasteiger partial charge in [-0.3, -0.25) is 0 Å². The smallest absolute Gasteiger partial charge is 0.118 e. The van der Waals surface area contributed by atoms with E-state index in [1.807, 2.05) is 24.3 Å². The zero-order valence-corrected chi connectivity index (χ0v) is 10.3. The molecule has 0 spiro atoms. The standard InChI is InChI=1S/C13H21NO2/c1-4-14-13(2,9-10-15)11-5-7-12(16-3)8-6-11/h5-8,14-15H,4,9-10H2,1-3H3. The van der Waals surface area contributed by atoms with Crippen LogP contribution in [0.2, 0.25) is 0 Å². The van der Waals surface area contributed by atoms with Gasteiger partial charge in [0, 0.05) is 12.1 Å². The maximum absolute atomic E-state index is 9.13. The number of benzene rings is 1. The number of methoxy groups -OCH3 is 1. The molecule has 3 heteroatoms. The highest BCUT2D eigenvalue weighted by molar-refractivity contribution is 5.31. The minimum absolute atomic E-state index is 0.171. The summed E-state index contributed by atoms with van der Waals surface area (Å²) in [5.74, 6) is 0.853. The van der Waals surface area contributed by atoms with E-state index >= 15 is 0 Å². The van der Waals surface area contributed by atoms with Crippen LogP contribution in [-0.2, 0) is 5.54 Å². The van der Waals surface area contributed by atoms with E-state index in [1.165, 1.54) is 5.56 Å². The van der Waals surface area contributed by atoms with E-state index in [1.54, 1.807) is 7.11 Å². The maximum atomic E-state index is 9.13. The summed E-state index contributed by atoms with van der Waals surface area (Å²) in [7, 11) is 1.66. The largest absolute Gasteiger partial charge is 0.497 e. The number of ether oxygens (including phenoxy) is 1. The first-order chi connectivity index (χ1) is 7.66. The van der Waals surface area contributed by atoms with Crippen LogP contribution < -0.4 is 10.1 Å². The summed E-state index contributed by atoms with van der Waals surface area (Å²) in [6.07, 6.45) is 0.702. The van der Waals surface area contributed by atoms with Gasteiger partial charge in [0.25, 0.3) is 0 Å². The van der Waals surface area contributed by atoms with Crippen LogP contribution in [0, 0.1) is 0 Å². The molecule has 0 saturated carbocycles. The minimum Gasteiger partial charge on any atom is -0.497 e. The zero-order valence-electron chi connectivity index (χ0n) is 10.3. The second-order valence-corrected chi connectivity index (χ2v) is 4.06. The lowest BCUT2D eigenvalue weighted by Gasteiger charge is -2.30. The Morgan fingerprint density at radius 2 is 1.94 bits per heavy atom. The third-order valence-corrected chi connectivity index (χ3v) is 2.91. The van der Waals surface area contributed by atoms with Gasteiger partial charge in [-0.05, 0) is 37.6 Å². The Morgan fingerprint density at radius 3 is 2.38 bits per heavy atom. The Labute approximate surface area is 97.4 Å². The van der Waals surface area contributed by atoms with Crippen LogP contribution in [-0.4, -0.2) is 25.4 Å². The van der Waals surface area contributed by atoms with Gasteiger partial charge in [0.05, 0.1) is 7.11 Å². The van der Waals surface area contributed by atoms with Crippen molar-refractivity contribution in [1.29, 1.82) is 0 Å². The second kappa shape index (κ2) is 5.87. The van der Waals surface area contributed by atoms with Crippen LogP contribution in [0.25, 0.3) is 0 Å². The van der Waals surface area contributed by atoms with Crippen molar-refractivity contribution in [2.24, 2.45) is 0 Å². The van der Waals surface area contributed by atoms with Crippen LogP contribution in [0.1, 0.15) is 25.8 Å². The van der Waals surface area contributed by atoms with Gasteiger partial charge in [0.1, 0.15) is 5.75 Å². The van der Waals surface area contributed by atoms with Gasteiger partial charge < -0.3 is 15.2 Å². The Morgan fingerprint density at radius 1 is 1.31 bits per heavy atom. The number of nitrogens with one attached hydrogen (secondary N) is 1. The van der Waals surface area contributed by atoms with E-state index in [0.29, 0.717) is 6.42 Å². The van der Waals surface area contributed by atoms with E-state index in [4.69, 9.17) is 9.84 Å². The summed E-state index contributed by atoms with van der Waals surface area (Å²) >= 11 is 0. The molecule has 3 nitrogen and oxygen atoms in total. The Bertz CT molecular complexity index is 302. The van der Waals surface area contributed by atoms with Crippen molar-refractivity contribution in [2.45, 2.75) is 25.8 Å². The monoisotopic (exact) mass is 223 g/mol. The van der Waals surface area contributed by atoms with E-state index in [9.17, 15) is 0 Å². The van der Waals surface area contributed by atoms with E-state index in [0.717, 1.165) is 12.3 Å². The highest BCUT2D eigenvalue weighted by atomic mass is 16.5. The maximum Gasteiger partial charge on any atom is 0.118 e. The first kappa shape index (κ1) is 13.0. The van der Waals surface area contributed by atoms with E-state index in [2.05, 4.69) is 19.2 Å². The zero-order chi connectivity index (χ0) is 12.0. The van der Waals surface area contributed by atoms with Gasteiger partial charge >= 0.3 is 0 Å². The molecule has 2 N–H and O–H groups in total. The van der Waals surface area contributed by atoms with Gasteiger partial charge in [-0.1, -0.05) is 19.1 Å². The summed E-state index contributed by atoms with van der Waals surface area (Å²) < 4.78 is 5.13. The molecule has 1 atom stereocenters. The number of hydrogen-bond acceptors (Lipinski definition) is 3. The SMILES string of the molecule is CCNC(C)(CCO)c1ccc(OC)cc1. The highest BCUT2D eigenvalue weighted by Gasteiger charge is 2.24. The third kappa shape index (κ3) is 2.97. The van der Waals surface area contributed by atoms with Gasteiger partial charge in [-0.25, -0.2) is 0 Å². The molecule has 0 aliphatic rings. The minimum atomic E-state index is -0.171. The predicted octanol–water partition coefficient (Wildman–Crippen LogP) is 1.90. The van der Waals surface area contributed by atoms with Crippen LogP contribution in [0.3, 0.4) is 0 Å². The van der Waals surface area contributed by atoms with Crippen molar-refractivity contribution >= 4 is 0 Å². The molecule has 1 rings (SSSR count). The molecule has 1 aromatic rings. The molecule has 1 unspecified atom stereocenters. The summed E-state index contributed by atoms with van der Waals surface area (Å²) in [4.78, 5) is 0. The number of aliphatic hydroxyl groups excluding tert-OH is 1. The molecule has 0 heterocycles. The number of hydrogen-bond donors (Lipinski definition) is 2. The van der Waals surface area contributed by atoms with E-state index < -0.39 is 0 Å².